The quantitative estimate of drug-likeness (QED) is 0.458. The number of hydrogen-bond acceptors (Lipinski definition) is 6. The van der Waals surface area contributed by atoms with E-state index in [1.807, 2.05) is 24.3 Å². The van der Waals surface area contributed by atoms with Crippen LogP contribution in [0.2, 0.25) is 0 Å². The van der Waals surface area contributed by atoms with Crippen LogP contribution < -0.4 is 14.8 Å². The number of carbonyl (C=O) groups is 1. The van der Waals surface area contributed by atoms with E-state index in [0.29, 0.717) is 23.3 Å². The van der Waals surface area contributed by atoms with Gasteiger partial charge in [-0.15, -0.1) is 15.3 Å². The molecule has 0 saturated carbocycles. The number of rotatable bonds is 7. The third kappa shape index (κ3) is 4.27. The van der Waals surface area contributed by atoms with E-state index in [9.17, 15) is 13.6 Å². The van der Waals surface area contributed by atoms with Gasteiger partial charge in [0, 0.05) is 12.1 Å². The van der Waals surface area contributed by atoms with Crippen molar-refractivity contribution in [2.45, 2.75) is 0 Å². The molecular formula is C21H17F2N5O3. The molecule has 0 radical (unpaired) electrons. The summed E-state index contributed by atoms with van der Waals surface area (Å²) >= 11 is 0. The zero-order valence-electron chi connectivity index (χ0n) is 16.4. The van der Waals surface area contributed by atoms with Crippen LogP contribution >= 0.6 is 0 Å². The van der Waals surface area contributed by atoms with Crippen molar-refractivity contribution in [1.82, 2.24) is 25.1 Å². The molecule has 0 bridgehead atoms. The summed E-state index contributed by atoms with van der Waals surface area (Å²) in [6.07, 6.45) is 0. The summed E-state index contributed by atoms with van der Waals surface area (Å²) < 4.78 is 39.1. The Balaban J connectivity index is 1.43. The number of amides is 1. The highest BCUT2D eigenvalue weighted by molar-refractivity contribution is 5.94. The number of fused-ring (bicyclic) bond motifs is 1. The molecule has 0 fully saturated rings. The van der Waals surface area contributed by atoms with Gasteiger partial charge in [-0.05, 0) is 30.3 Å². The van der Waals surface area contributed by atoms with Crippen LogP contribution in [-0.4, -0.2) is 46.0 Å². The molecule has 31 heavy (non-hydrogen) atoms. The Morgan fingerprint density at radius 2 is 1.94 bits per heavy atom. The van der Waals surface area contributed by atoms with Crippen LogP contribution in [0.1, 0.15) is 10.4 Å². The van der Waals surface area contributed by atoms with Crippen LogP contribution in [0, 0.1) is 11.6 Å². The van der Waals surface area contributed by atoms with Gasteiger partial charge < -0.3 is 14.8 Å². The maximum absolute atomic E-state index is 13.7. The molecule has 0 aliphatic carbocycles. The molecule has 10 heteroatoms. The summed E-state index contributed by atoms with van der Waals surface area (Å²) in [5, 5.41) is 15.2. The predicted octanol–water partition coefficient (Wildman–Crippen LogP) is 2.89. The SMILES string of the molecule is COc1ccccc1-c1nnc2ccc(OCCNC(=O)c3ccc(F)cc3F)nn12. The Kier molecular flexibility index (Phi) is 5.69. The third-order valence-electron chi connectivity index (χ3n) is 4.40. The van der Waals surface area contributed by atoms with E-state index in [0.717, 1.165) is 17.7 Å². The van der Waals surface area contributed by atoms with Crippen molar-refractivity contribution in [1.29, 1.82) is 0 Å². The van der Waals surface area contributed by atoms with Gasteiger partial charge in [0.15, 0.2) is 11.5 Å². The molecule has 8 nitrogen and oxygen atoms in total. The van der Waals surface area contributed by atoms with Crippen LogP contribution in [0.4, 0.5) is 8.78 Å². The molecule has 2 aromatic carbocycles. The fraction of sp³-hybridized carbons (Fsp3) is 0.143. The predicted molar refractivity (Wildman–Crippen MR) is 107 cm³/mol. The highest BCUT2D eigenvalue weighted by Crippen LogP contribution is 2.28. The van der Waals surface area contributed by atoms with Crippen LogP contribution in [0.25, 0.3) is 17.0 Å². The molecule has 2 heterocycles. The number of methoxy groups -OCH3 is 1. The Bertz CT molecular complexity index is 1240. The Hall–Kier alpha value is -4.08. The standard InChI is InChI=1S/C21H17F2N5O3/c1-30-17-5-3-2-4-15(17)20-26-25-18-8-9-19(27-28(18)20)31-11-10-24-21(29)14-7-6-13(22)12-16(14)23/h2-9,12H,10-11H2,1H3,(H,24,29). The topological polar surface area (TPSA) is 90.6 Å². The van der Waals surface area contributed by atoms with E-state index >= 15 is 0 Å². The molecule has 4 aromatic rings. The largest absolute Gasteiger partial charge is 0.496 e. The molecule has 0 spiro atoms. The molecule has 1 N–H and O–H groups in total. The second kappa shape index (κ2) is 8.74. The minimum Gasteiger partial charge on any atom is -0.496 e. The highest BCUT2D eigenvalue weighted by atomic mass is 19.1. The van der Waals surface area contributed by atoms with Gasteiger partial charge in [-0.1, -0.05) is 12.1 Å². The maximum Gasteiger partial charge on any atom is 0.254 e. The van der Waals surface area contributed by atoms with E-state index in [1.54, 1.807) is 19.2 Å². The van der Waals surface area contributed by atoms with Gasteiger partial charge in [-0.3, -0.25) is 4.79 Å². The second-order valence-corrected chi connectivity index (χ2v) is 6.39. The smallest absolute Gasteiger partial charge is 0.254 e. The summed E-state index contributed by atoms with van der Waals surface area (Å²) in [5.41, 5.74) is 0.996. The lowest BCUT2D eigenvalue weighted by Gasteiger charge is -2.09. The Morgan fingerprint density at radius 1 is 1.10 bits per heavy atom. The second-order valence-electron chi connectivity index (χ2n) is 6.39. The molecule has 1 amide bonds. The monoisotopic (exact) mass is 425 g/mol. The average Bonchev–Trinajstić information content (AvgIpc) is 3.19. The molecule has 0 aliphatic rings. The van der Waals surface area contributed by atoms with E-state index in [4.69, 9.17) is 9.47 Å². The number of nitrogens with zero attached hydrogens (tertiary/aromatic N) is 4. The van der Waals surface area contributed by atoms with Crippen molar-refractivity contribution in [3.05, 3.63) is 71.8 Å². The molecule has 4 rings (SSSR count). The summed E-state index contributed by atoms with van der Waals surface area (Å²) in [5.74, 6) is -0.951. The zero-order valence-corrected chi connectivity index (χ0v) is 16.4. The molecule has 2 aromatic heterocycles. The van der Waals surface area contributed by atoms with E-state index < -0.39 is 17.5 Å². The summed E-state index contributed by atoms with van der Waals surface area (Å²) in [6, 6.07) is 13.4. The lowest BCUT2D eigenvalue weighted by molar-refractivity contribution is 0.0942. The summed E-state index contributed by atoms with van der Waals surface area (Å²) in [4.78, 5) is 12.0. The number of carbonyl (C=O) groups excluding carboxylic acids is 1. The molecular weight excluding hydrogens is 408 g/mol. The van der Waals surface area contributed by atoms with Crippen molar-refractivity contribution in [2.24, 2.45) is 0 Å². The lowest BCUT2D eigenvalue weighted by atomic mass is 10.2. The van der Waals surface area contributed by atoms with E-state index in [2.05, 4.69) is 20.6 Å². The number of nitrogens with one attached hydrogen (secondary N) is 1. The van der Waals surface area contributed by atoms with Gasteiger partial charge in [-0.25, -0.2) is 8.78 Å². The number of para-hydroxylation sites is 1. The maximum atomic E-state index is 13.7. The normalized spacial score (nSPS) is 10.8. The molecule has 0 aliphatic heterocycles. The lowest BCUT2D eigenvalue weighted by Crippen LogP contribution is -2.29. The van der Waals surface area contributed by atoms with Gasteiger partial charge in [0.2, 0.25) is 5.88 Å². The van der Waals surface area contributed by atoms with E-state index in [-0.39, 0.29) is 24.6 Å². The van der Waals surface area contributed by atoms with Crippen molar-refractivity contribution in [3.8, 4) is 23.0 Å². The van der Waals surface area contributed by atoms with Gasteiger partial charge in [-0.2, -0.15) is 4.52 Å². The molecule has 0 unspecified atom stereocenters. The molecule has 158 valence electrons. The van der Waals surface area contributed by atoms with Gasteiger partial charge in [0.05, 0.1) is 24.8 Å². The fourth-order valence-corrected chi connectivity index (χ4v) is 2.94. The number of hydrogen-bond donors (Lipinski definition) is 1. The average molecular weight is 425 g/mol. The highest BCUT2D eigenvalue weighted by Gasteiger charge is 2.15. The van der Waals surface area contributed by atoms with Crippen molar-refractivity contribution in [2.75, 3.05) is 20.3 Å². The third-order valence-corrected chi connectivity index (χ3v) is 4.40. The van der Waals surface area contributed by atoms with Crippen molar-refractivity contribution < 1.29 is 23.0 Å². The van der Waals surface area contributed by atoms with Gasteiger partial charge >= 0.3 is 0 Å². The fourth-order valence-electron chi connectivity index (χ4n) is 2.94. The van der Waals surface area contributed by atoms with Crippen LogP contribution in [0.5, 0.6) is 11.6 Å². The molecule has 0 atom stereocenters. The zero-order chi connectivity index (χ0) is 21.8. The minimum absolute atomic E-state index is 0.0825. The first-order valence-corrected chi connectivity index (χ1v) is 9.28. The molecule has 0 saturated heterocycles. The Morgan fingerprint density at radius 3 is 2.74 bits per heavy atom. The first-order chi connectivity index (χ1) is 15.1. The summed E-state index contributed by atoms with van der Waals surface area (Å²) in [7, 11) is 1.57. The van der Waals surface area contributed by atoms with Crippen LogP contribution in [0.15, 0.2) is 54.6 Å². The summed E-state index contributed by atoms with van der Waals surface area (Å²) in [6.45, 7) is 0.177. The number of ether oxygens (including phenoxy) is 2. The van der Waals surface area contributed by atoms with Crippen molar-refractivity contribution >= 4 is 11.6 Å². The number of benzene rings is 2. The van der Waals surface area contributed by atoms with Gasteiger partial charge in [0.1, 0.15) is 24.0 Å². The first-order valence-electron chi connectivity index (χ1n) is 9.28. The number of aromatic nitrogens is 4. The van der Waals surface area contributed by atoms with Crippen LogP contribution in [-0.2, 0) is 0 Å². The van der Waals surface area contributed by atoms with E-state index in [1.165, 1.54) is 4.52 Å². The van der Waals surface area contributed by atoms with Crippen LogP contribution in [0.3, 0.4) is 0 Å². The Labute approximate surface area is 175 Å². The number of halogens is 2. The first kappa shape index (κ1) is 20.2. The van der Waals surface area contributed by atoms with Gasteiger partial charge in [0.25, 0.3) is 5.91 Å². The van der Waals surface area contributed by atoms with Crippen molar-refractivity contribution in [3.63, 3.8) is 0 Å². The minimum atomic E-state index is -0.929.